The predicted octanol–water partition coefficient (Wildman–Crippen LogP) is 5.32. The van der Waals surface area contributed by atoms with Gasteiger partial charge in [-0.15, -0.1) is 0 Å². The number of aliphatic carboxylic acids is 2. The fraction of sp³-hybridized carbons (Fsp3) is 0.304. The van der Waals surface area contributed by atoms with Crippen LogP contribution in [-0.2, 0) is 9.59 Å². The van der Waals surface area contributed by atoms with Crippen LogP contribution in [0.25, 0.3) is 0 Å². The minimum atomic E-state index is -1.23. The van der Waals surface area contributed by atoms with Crippen LogP contribution in [0.1, 0.15) is 52.8 Å². The number of benzene rings is 2. The molecular formula is C23H22Cl4N2O6. The Balaban J connectivity index is 1.87. The number of nitrogens with one attached hydrogen (secondary N) is 2. The van der Waals surface area contributed by atoms with Crippen molar-refractivity contribution in [2.45, 2.75) is 44.2 Å². The third-order valence-corrected chi connectivity index (χ3v) is 6.33. The van der Waals surface area contributed by atoms with Gasteiger partial charge in [-0.1, -0.05) is 77.8 Å². The number of hydrogen-bond acceptors (Lipinski definition) is 4. The maximum Gasteiger partial charge on any atom is 0.326 e. The van der Waals surface area contributed by atoms with Gasteiger partial charge in [0.15, 0.2) is 0 Å². The fourth-order valence-electron chi connectivity index (χ4n) is 3.28. The van der Waals surface area contributed by atoms with Crippen molar-refractivity contribution in [1.82, 2.24) is 10.6 Å². The highest BCUT2D eigenvalue weighted by atomic mass is 35.5. The average molecular weight is 564 g/mol. The second-order valence-electron chi connectivity index (χ2n) is 7.56. The fourth-order valence-corrected chi connectivity index (χ4v) is 4.42. The Morgan fingerprint density at radius 2 is 0.943 bits per heavy atom. The molecule has 0 saturated carbocycles. The zero-order valence-electron chi connectivity index (χ0n) is 18.2. The van der Waals surface area contributed by atoms with E-state index >= 15 is 0 Å². The lowest BCUT2D eigenvalue weighted by Crippen LogP contribution is -2.41. The molecule has 8 nitrogen and oxygen atoms in total. The van der Waals surface area contributed by atoms with Gasteiger partial charge in [0.25, 0.3) is 11.8 Å². The van der Waals surface area contributed by atoms with Crippen molar-refractivity contribution in [3.63, 3.8) is 0 Å². The average Bonchev–Trinajstić information content (AvgIpc) is 2.76. The third kappa shape index (κ3) is 8.28. The molecule has 0 radical (unpaired) electrons. The zero-order chi connectivity index (χ0) is 26.1. The van der Waals surface area contributed by atoms with Crippen molar-refractivity contribution >= 4 is 70.2 Å². The molecule has 0 aliphatic heterocycles. The Bertz CT molecular complexity index is 985. The Morgan fingerprint density at radius 3 is 1.23 bits per heavy atom. The summed E-state index contributed by atoms with van der Waals surface area (Å²) in [5.41, 5.74) is -0.0264. The molecule has 0 aliphatic carbocycles. The monoisotopic (exact) mass is 562 g/mol. The van der Waals surface area contributed by atoms with E-state index in [0.29, 0.717) is 19.3 Å². The van der Waals surface area contributed by atoms with E-state index in [9.17, 15) is 29.4 Å². The van der Waals surface area contributed by atoms with Crippen molar-refractivity contribution in [2.24, 2.45) is 0 Å². The van der Waals surface area contributed by atoms with Gasteiger partial charge in [-0.3, -0.25) is 9.59 Å². The van der Waals surface area contributed by atoms with E-state index in [1.807, 2.05) is 0 Å². The molecule has 188 valence electrons. The highest BCUT2D eigenvalue weighted by molar-refractivity contribution is 6.40. The number of amides is 2. The SMILES string of the molecule is O=C(NC(CCCCCC(NC(=O)c1c(Cl)cccc1Cl)C(=O)O)C(=O)O)c1c(Cl)cccc1Cl. The molecule has 2 rings (SSSR count). The van der Waals surface area contributed by atoms with E-state index in [0.717, 1.165) is 0 Å². The van der Waals surface area contributed by atoms with E-state index in [-0.39, 0.29) is 44.1 Å². The van der Waals surface area contributed by atoms with E-state index in [1.54, 1.807) is 12.1 Å². The van der Waals surface area contributed by atoms with Crippen molar-refractivity contribution < 1.29 is 29.4 Å². The van der Waals surface area contributed by atoms with Gasteiger partial charge >= 0.3 is 11.9 Å². The molecule has 0 aliphatic rings. The molecule has 0 aromatic heterocycles. The summed E-state index contributed by atoms with van der Waals surface area (Å²) in [6, 6.07) is 6.62. The van der Waals surface area contributed by atoms with Crippen LogP contribution < -0.4 is 10.6 Å². The molecule has 0 heterocycles. The van der Waals surface area contributed by atoms with Crippen LogP contribution in [-0.4, -0.2) is 46.0 Å². The molecule has 2 unspecified atom stereocenters. The lowest BCUT2D eigenvalue weighted by molar-refractivity contribution is -0.140. The summed E-state index contributed by atoms with van der Waals surface area (Å²) in [4.78, 5) is 48.1. The van der Waals surface area contributed by atoms with Gasteiger partial charge in [0.05, 0.1) is 31.2 Å². The first-order valence-electron chi connectivity index (χ1n) is 10.5. The molecule has 2 aromatic rings. The standard InChI is InChI=1S/C23H22Cl4N2O6/c24-12-6-4-7-13(25)18(12)20(30)28-16(22(32)33)10-2-1-3-11-17(23(34)35)29-21(31)19-14(26)8-5-9-15(19)27/h4-9,16-17H,1-3,10-11H2,(H,28,30)(H,29,31)(H,32,33)(H,34,35). The molecular weight excluding hydrogens is 542 g/mol. The second kappa shape index (κ2) is 13.5. The summed E-state index contributed by atoms with van der Waals surface area (Å²) < 4.78 is 0. The number of rotatable bonds is 12. The predicted molar refractivity (Wildman–Crippen MR) is 134 cm³/mol. The summed E-state index contributed by atoms with van der Waals surface area (Å²) >= 11 is 24.0. The zero-order valence-corrected chi connectivity index (χ0v) is 21.2. The van der Waals surface area contributed by atoms with Crippen LogP contribution in [0, 0.1) is 0 Å². The van der Waals surface area contributed by atoms with Gasteiger partial charge in [-0.05, 0) is 37.1 Å². The lowest BCUT2D eigenvalue weighted by Gasteiger charge is -2.17. The first kappa shape index (κ1) is 28.7. The lowest BCUT2D eigenvalue weighted by atomic mass is 10.0. The molecule has 12 heteroatoms. The molecule has 0 saturated heterocycles. The van der Waals surface area contributed by atoms with Crippen LogP contribution in [0.4, 0.5) is 0 Å². The minimum absolute atomic E-state index is 0.0132. The largest absolute Gasteiger partial charge is 0.480 e. The van der Waals surface area contributed by atoms with Crippen molar-refractivity contribution in [3.05, 3.63) is 67.6 Å². The highest BCUT2D eigenvalue weighted by Crippen LogP contribution is 2.25. The first-order valence-corrected chi connectivity index (χ1v) is 12.0. The van der Waals surface area contributed by atoms with Crippen LogP contribution in [0.15, 0.2) is 36.4 Å². The number of carbonyl (C=O) groups is 4. The normalized spacial score (nSPS) is 12.5. The van der Waals surface area contributed by atoms with E-state index in [1.165, 1.54) is 24.3 Å². The summed E-state index contributed by atoms with van der Waals surface area (Å²) in [5, 5.41) is 24.1. The van der Waals surface area contributed by atoms with Crippen LogP contribution in [0.5, 0.6) is 0 Å². The Morgan fingerprint density at radius 1 is 0.629 bits per heavy atom. The number of hydrogen-bond donors (Lipinski definition) is 4. The van der Waals surface area contributed by atoms with E-state index in [2.05, 4.69) is 10.6 Å². The molecule has 4 N–H and O–H groups in total. The van der Waals surface area contributed by atoms with E-state index < -0.39 is 35.8 Å². The summed E-state index contributed by atoms with van der Waals surface area (Å²) in [7, 11) is 0. The van der Waals surface area contributed by atoms with Gasteiger partial charge in [0.1, 0.15) is 12.1 Å². The first-order chi connectivity index (χ1) is 16.5. The molecule has 0 fully saturated rings. The number of carboxylic acids is 2. The molecule has 0 spiro atoms. The van der Waals surface area contributed by atoms with E-state index in [4.69, 9.17) is 46.4 Å². The van der Waals surface area contributed by atoms with Gasteiger partial charge < -0.3 is 20.8 Å². The quantitative estimate of drug-likeness (QED) is 0.258. The van der Waals surface area contributed by atoms with Crippen molar-refractivity contribution in [1.29, 1.82) is 0 Å². The van der Waals surface area contributed by atoms with Gasteiger partial charge in [0.2, 0.25) is 0 Å². The smallest absolute Gasteiger partial charge is 0.326 e. The number of carboxylic acid groups (broad SMARTS) is 2. The maximum atomic E-state index is 12.5. The molecule has 35 heavy (non-hydrogen) atoms. The van der Waals surface area contributed by atoms with Crippen molar-refractivity contribution in [3.8, 4) is 0 Å². The molecule has 0 bridgehead atoms. The Kier molecular flexibility index (Phi) is 11.1. The second-order valence-corrected chi connectivity index (χ2v) is 9.19. The molecule has 2 atom stereocenters. The Labute approximate surface area is 221 Å². The van der Waals surface area contributed by atoms with Crippen molar-refractivity contribution in [2.75, 3.05) is 0 Å². The molecule has 2 amide bonds. The van der Waals surface area contributed by atoms with Gasteiger partial charge in [-0.2, -0.15) is 0 Å². The molecule has 2 aromatic carbocycles. The number of unbranched alkanes of at least 4 members (excludes halogenated alkanes) is 2. The van der Waals surface area contributed by atoms with Gasteiger partial charge in [-0.25, -0.2) is 9.59 Å². The third-order valence-electron chi connectivity index (χ3n) is 5.07. The highest BCUT2D eigenvalue weighted by Gasteiger charge is 2.25. The van der Waals surface area contributed by atoms with Gasteiger partial charge in [0, 0.05) is 0 Å². The van der Waals surface area contributed by atoms with Crippen LogP contribution in [0.2, 0.25) is 20.1 Å². The summed E-state index contributed by atoms with van der Waals surface area (Å²) in [5.74, 6) is -3.87. The Hall–Kier alpha value is -2.52. The number of halogens is 4. The minimum Gasteiger partial charge on any atom is -0.480 e. The summed E-state index contributed by atoms with van der Waals surface area (Å²) in [6.07, 6.45) is 1.41. The summed E-state index contributed by atoms with van der Waals surface area (Å²) in [6.45, 7) is 0. The topological polar surface area (TPSA) is 133 Å². The van der Waals surface area contributed by atoms with Crippen LogP contribution >= 0.6 is 46.4 Å². The van der Waals surface area contributed by atoms with Crippen LogP contribution in [0.3, 0.4) is 0 Å². The number of carbonyl (C=O) groups excluding carboxylic acids is 2. The maximum absolute atomic E-state index is 12.5.